The summed E-state index contributed by atoms with van der Waals surface area (Å²) in [5.41, 5.74) is 4.03. The van der Waals surface area contributed by atoms with Crippen LogP contribution in [0.25, 0.3) is 0 Å². The number of hydrogen-bond acceptors (Lipinski definition) is 1. The van der Waals surface area contributed by atoms with E-state index in [1.807, 2.05) is 18.2 Å². The van der Waals surface area contributed by atoms with E-state index in [0.717, 1.165) is 19.6 Å². The molecule has 1 fully saturated rings. The molecule has 3 N–H and O–H groups in total. The first-order valence-corrected chi connectivity index (χ1v) is 9.68. The van der Waals surface area contributed by atoms with Crippen molar-refractivity contribution in [3.8, 4) is 0 Å². The van der Waals surface area contributed by atoms with Crippen LogP contribution in [0.2, 0.25) is 0 Å². The summed E-state index contributed by atoms with van der Waals surface area (Å²) in [7, 11) is 0. The third-order valence-corrected chi connectivity index (χ3v) is 5.14. The highest BCUT2D eigenvalue weighted by Gasteiger charge is 2.15. The Balaban J connectivity index is 1.49. The molecule has 0 bridgehead atoms. The van der Waals surface area contributed by atoms with E-state index in [4.69, 9.17) is 12.2 Å². The van der Waals surface area contributed by atoms with Gasteiger partial charge in [0.25, 0.3) is 0 Å². The number of hydrogen-bond donors (Lipinski definition) is 3. The van der Waals surface area contributed by atoms with E-state index in [1.165, 1.54) is 49.0 Å². The van der Waals surface area contributed by atoms with Gasteiger partial charge in [-0.2, -0.15) is 0 Å². The van der Waals surface area contributed by atoms with Gasteiger partial charge in [0.1, 0.15) is 6.54 Å². The zero-order valence-electron chi connectivity index (χ0n) is 14.8. The zero-order chi connectivity index (χ0) is 17.3. The summed E-state index contributed by atoms with van der Waals surface area (Å²) in [5.74, 6) is 0. The topological polar surface area (TPSA) is 28.5 Å². The van der Waals surface area contributed by atoms with Gasteiger partial charge >= 0.3 is 0 Å². The fourth-order valence-corrected chi connectivity index (χ4v) is 3.56. The largest absolute Gasteiger partial charge is 0.359 e. The summed E-state index contributed by atoms with van der Waals surface area (Å²) in [6.07, 6.45) is 4.13. The standard InChI is InChI=1S/C21H27N3S/c25-21(22-15-18-9-3-1-4-10-18)23-16-19-11-5-6-12-20(19)17-24-13-7-2-8-14-24/h1,3-6,9-12H,2,7-8,13-17H2,(H2,22,23,25)/p+1. The van der Waals surface area contributed by atoms with Gasteiger partial charge in [0.15, 0.2) is 5.11 Å². The Morgan fingerprint density at radius 2 is 1.44 bits per heavy atom. The van der Waals surface area contributed by atoms with E-state index >= 15 is 0 Å². The normalized spacial score (nSPS) is 14.9. The molecule has 1 heterocycles. The SMILES string of the molecule is S=C(NCc1ccccc1)NCc1ccccc1C[NH+]1CCCCC1. The van der Waals surface area contributed by atoms with Gasteiger partial charge in [-0.3, -0.25) is 0 Å². The molecule has 0 aliphatic carbocycles. The lowest BCUT2D eigenvalue weighted by Gasteiger charge is -2.24. The van der Waals surface area contributed by atoms with E-state index in [-0.39, 0.29) is 0 Å². The quantitative estimate of drug-likeness (QED) is 0.696. The number of benzene rings is 2. The molecule has 0 spiro atoms. The lowest BCUT2D eigenvalue weighted by Crippen LogP contribution is -3.11. The van der Waals surface area contributed by atoms with Gasteiger partial charge in [-0.1, -0.05) is 54.6 Å². The van der Waals surface area contributed by atoms with E-state index in [2.05, 4.69) is 47.0 Å². The maximum Gasteiger partial charge on any atom is 0.166 e. The molecule has 3 rings (SSSR count). The lowest BCUT2D eigenvalue weighted by molar-refractivity contribution is -0.918. The number of likely N-dealkylation sites (tertiary alicyclic amines) is 1. The van der Waals surface area contributed by atoms with Gasteiger partial charge in [0.2, 0.25) is 0 Å². The van der Waals surface area contributed by atoms with Gasteiger partial charge in [-0.25, -0.2) is 0 Å². The molecule has 0 radical (unpaired) electrons. The first kappa shape index (κ1) is 17.9. The number of piperidine rings is 1. The summed E-state index contributed by atoms with van der Waals surface area (Å²) in [6.45, 7) is 5.27. The Kier molecular flexibility index (Phi) is 6.83. The van der Waals surface area contributed by atoms with Crippen molar-refractivity contribution in [1.82, 2.24) is 10.6 Å². The minimum atomic E-state index is 0.712. The molecule has 132 valence electrons. The second-order valence-electron chi connectivity index (χ2n) is 6.78. The minimum absolute atomic E-state index is 0.712. The van der Waals surface area contributed by atoms with Crippen LogP contribution in [0.4, 0.5) is 0 Å². The molecule has 1 aliphatic rings. The number of rotatable bonds is 6. The van der Waals surface area contributed by atoms with Crippen LogP contribution in [0, 0.1) is 0 Å². The van der Waals surface area contributed by atoms with Crippen LogP contribution in [0.3, 0.4) is 0 Å². The average molecular weight is 355 g/mol. The molecule has 3 nitrogen and oxygen atoms in total. The van der Waals surface area contributed by atoms with Crippen LogP contribution in [-0.2, 0) is 19.6 Å². The van der Waals surface area contributed by atoms with E-state index in [0.29, 0.717) is 5.11 Å². The number of thiocarbonyl (C=S) groups is 1. The fourth-order valence-electron chi connectivity index (χ4n) is 3.42. The molecule has 2 aromatic rings. The fraction of sp³-hybridized carbons (Fsp3) is 0.381. The van der Waals surface area contributed by atoms with E-state index in [1.54, 1.807) is 4.90 Å². The molecule has 0 amide bonds. The van der Waals surface area contributed by atoms with Crippen LogP contribution in [0.1, 0.15) is 36.0 Å². The van der Waals surface area contributed by atoms with Crippen LogP contribution < -0.4 is 15.5 Å². The van der Waals surface area contributed by atoms with Crippen molar-refractivity contribution in [1.29, 1.82) is 0 Å². The molecule has 0 atom stereocenters. The molecular formula is C21H28N3S+. The van der Waals surface area contributed by atoms with Crippen molar-refractivity contribution in [2.24, 2.45) is 0 Å². The van der Waals surface area contributed by atoms with Crippen molar-refractivity contribution >= 4 is 17.3 Å². The Labute approximate surface area is 156 Å². The molecule has 0 aromatic heterocycles. The summed E-state index contributed by atoms with van der Waals surface area (Å²) < 4.78 is 0. The second-order valence-corrected chi connectivity index (χ2v) is 7.19. The van der Waals surface area contributed by atoms with Gasteiger partial charge in [0, 0.05) is 18.7 Å². The highest BCUT2D eigenvalue weighted by atomic mass is 32.1. The van der Waals surface area contributed by atoms with Gasteiger partial charge in [-0.15, -0.1) is 0 Å². The maximum atomic E-state index is 5.43. The summed E-state index contributed by atoms with van der Waals surface area (Å²) in [6, 6.07) is 19.1. The van der Waals surface area contributed by atoms with Gasteiger partial charge in [0.05, 0.1) is 13.1 Å². The minimum Gasteiger partial charge on any atom is -0.359 e. The molecule has 1 aliphatic heterocycles. The third kappa shape index (κ3) is 5.83. The monoisotopic (exact) mass is 354 g/mol. The lowest BCUT2D eigenvalue weighted by atomic mass is 10.0. The summed E-state index contributed by atoms with van der Waals surface area (Å²) >= 11 is 5.43. The molecular weight excluding hydrogens is 326 g/mol. The number of nitrogens with one attached hydrogen (secondary N) is 3. The van der Waals surface area contributed by atoms with Crippen molar-refractivity contribution in [2.45, 2.75) is 38.9 Å². The predicted molar refractivity (Wildman–Crippen MR) is 107 cm³/mol. The van der Waals surface area contributed by atoms with Crippen LogP contribution in [0.5, 0.6) is 0 Å². The average Bonchev–Trinajstić information content (AvgIpc) is 2.67. The molecule has 4 heteroatoms. The first-order valence-electron chi connectivity index (χ1n) is 9.27. The van der Waals surface area contributed by atoms with Crippen molar-refractivity contribution in [3.05, 3.63) is 71.3 Å². The highest BCUT2D eigenvalue weighted by Crippen LogP contribution is 2.08. The van der Waals surface area contributed by atoms with E-state index in [9.17, 15) is 0 Å². The van der Waals surface area contributed by atoms with Gasteiger partial charge in [-0.05, 0) is 42.6 Å². The van der Waals surface area contributed by atoms with Crippen molar-refractivity contribution in [2.75, 3.05) is 13.1 Å². The predicted octanol–water partition coefficient (Wildman–Crippen LogP) is 2.42. The highest BCUT2D eigenvalue weighted by molar-refractivity contribution is 7.80. The first-order chi connectivity index (χ1) is 12.3. The molecule has 0 unspecified atom stereocenters. The second kappa shape index (κ2) is 9.54. The maximum absolute atomic E-state index is 5.43. The van der Waals surface area contributed by atoms with Crippen LogP contribution in [-0.4, -0.2) is 18.2 Å². The molecule has 2 aromatic carbocycles. The van der Waals surface area contributed by atoms with Crippen molar-refractivity contribution in [3.63, 3.8) is 0 Å². The summed E-state index contributed by atoms with van der Waals surface area (Å²) in [4.78, 5) is 1.71. The van der Waals surface area contributed by atoms with Gasteiger partial charge < -0.3 is 15.5 Å². The Bertz CT molecular complexity index is 666. The molecule has 25 heavy (non-hydrogen) atoms. The van der Waals surface area contributed by atoms with Crippen LogP contribution in [0.15, 0.2) is 54.6 Å². The Hall–Kier alpha value is -1.91. The van der Waals surface area contributed by atoms with Crippen LogP contribution >= 0.6 is 12.2 Å². The third-order valence-electron chi connectivity index (χ3n) is 4.85. The smallest absolute Gasteiger partial charge is 0.166 e. The number of quaternary nitrogens is 1. The zero-order valence-corrected chi connectivity index (χ0v) is 15.6. The molecule has 0 saturated carbocycles. The Morgan fingerprint density at radius 3 is 2.20 bits per heavy atom. The molecule has 1 saturated heterocycles. The summed E-state index contributed by atoms with van der Waals surface area (Å²) in [5, 5.41) is 7.36. The van der Waals surface area contributed by atoms with Crippen molar-refractivity contribution < 1.29 is 4.90 Å². The van der Waals surface area contributed by atoms with E-state index < -0.39 is 0 Å². The Morgan fingerprint density at radius 1 is 0.800 bits per heavy atom.